The average Bonchev–Trinajstić information content (AvgIpc) is 2.93. The molecule has 0 saturated carbocycles. The quantitative estimate of drug-likeness (QED) is 0.879. The van der Waals surface area contributed by atoms with E-state index in [1.165, 1.54) is 12.0 Å². The molecule has 4 nitrogen and oxygen atoms in total. The van der Waals surface area contributed by atoms with Gasteiger partial charge in [0.2, 0.25) is 0 Å². The van der Waals surface area contributed by atoms with Crippen LogP contribution < -0.4 is 14.8 Å². The van der Waals surface area contributed by atoms with Crippen LogP contribution in [0.1, 0.15) is 17.5 Å². The van der Waals surface area contributed by atoms with Crippen LogP contribution in [0.5, 0.6) is 11.5 Å². The minimum atomic E-state index is 0.618. The zero-order chi connectivity index (χ0) is 13.8. The summed E-state index contributed by atoms with van der Waals surface area (Å²) < 4.78 is 10.9. The third kappa shape index (κ3) is 3.01. The van der Waals surface area contributed by atoms with Gasteiger partial charge in [0, 0.05) is 30.3 Å². The molecular formula is C15H24N2O2. The molecule has 1 aromatic carbocycles. The largest absolute Gasteiger partial charge is 0.496 e. The summed E-state index contributed by atoms with van der Waals surface area (Å²) in [6, 6.07) is 4.74. The molecule has 1 aliphatic heterocycles. The first-order valence-electron chi connectivity index (χ1n) is 6.78. The molecular weight excluding hydrogens is 240 g/mol. The molecule has 0 aliphatic carbocycles. The van der Waals surface area contributed by atoms with E-state index in [4.69, 9.17) is 9.47 Å². The molecule has 1 unspecified atom stereocenters. The highest BCUT2D eigenvalue weighted by molar-refractivity contribution is 5.49. The van der Waals surface area contributed by atoms with E-state index in [0.29, 0.717) is 6.04 Å². The van der Waals surface area contributed by atoms with Crippen LogP contribution in [-0.4, -0.2) is 45.3 Å². The van der Waals surface area contributed by atoms with Crippen molar-refractivity contribution in [2.24, 2.45) is 0 Å². The fourth-order valence-electron chi connectivity index (χ4n) is 2.77. The van der Waals surface area contributed by atoms with Crippen LogP contribution in [0.25, 0.3) is 0 Å². The Kier molecular flexibility index (Phi) is 4.66. The zero-order valence-electron chi connectivity index (χ0n) is 12.3. The number of hydrogen-bond acceptors (Lipinski definition) is 4. The number of nitrogens with one attached hydrogen (secondary N) is 1. The molecule has 1 aliphatic rings. The van der Waals surface area contributed by atoms with E-state index in [0.717, 1.165) is 36.7 Å². The smallest absolute Gasteiger partial charge is 0.129 e. The molecule has 1 N–H and O–H groups in total. The van der Waals surface area contributed by atoms with Crippen LogP contribution in [0.3, 0.4) is 0 Å². The summed E-state index contributed by atoms with van der Waals surface area (Å²) in [5.74, 6) is 1.82. The molecule has 1 fully saturated rings. The minimum Gasteiger partial charge on any atom is -0.496 e. The van der Waals surface area contributed by atoms with Gasteiger partial charge in [-0.2, -0.15) is 0 Å². The first-order valence-corrected chi connectivity index (χ1v) is 6.78. The number of ether oxygens (including phenoxy) is 2. The molecule has 1 atom stereocenters. The van der Waals surface area contributed by atoms with Crippen molar-refractivity contribution in [1.29, 1.82) is 0 Å². The Labute approximate surface area is 115 Å². The van der Waals surface area contributed by atoms with Crippen molar-refractivity contribution >= 4 is 0 Å². The molecule has 1 aromatic rings. The lowest BCUT2D eigenvalue weighted by Crippen LogP contribution is -2.33. The maximum atomic E-state index is 5.56. The van der Waals surface area contributed by atoms with Crippen molar-refractivity contribution in [1.82, 2.24) is 10.2 Å². The van der Waals surface area contributed by atoms with Crippen molar-refractivity contribution in [3.05, 3.63) is 23.3 Å². The molecule has 0 radical (unpaired) electrons. The summed E-state index contributed by atoms with van der Waals surface area (Å²) >= 11 is 0. The molecule has 1 heterocycles. The van der Waals surface area contributed by atoms with Gasteiger partial charge in [0.1, 0.15) is 11.5 Å². The van der Waals surface area contributed by atoms with Crippen LogP contribution in [0.4, 0.5) is 0 Å². The first kappa shape index (κ1) is 14.2. The topological polar surface area (TPSA) is 33.7 Å². The second kappa shape index (κ2) is 6.26. The molecule has 0 spiro atoms. The van der Waals surface area contributed by atoms with Crippen LogP contribution in [0, 0.1) is 6.92 Å². The predicted molar refractivity (Wildman–Crippen MR) is 77.0 cm³/mol. The predicted octanol–water partition coefficient (Wildman–Crippen LogP) is 1.81. The Morgan fingerprint density at radius 1 is 1.32 bits per heavy atom. The lowest BCUT2D eigenvalue weighted by atomic mass is 10.1. The van der Waals surface area contributed by atoms with Crippen LogP contribution in [-0.2, 0) is 6.54 Å². The van der Waals surface area contributed by atoms with Gasteiger partial charge >= 0.3 is 0 Å². The highest BCUT2D eigenvalue weighted by Crippen LogP contribution is 2.32. The summed E-state index contributed by atoms with van der Waals surface area (Å²) in [4.78, 5) is 2.39. The summed E-state index contributed by atoms with van der Waals surface area (Å²) in [6.45, 7) is 5.14. The normalized spacial score (nSPS) is 18.9. The number of rotatable bonds is 5. The molecule has 0 bridgehead atoms. The average molecular weight is 264 g/mol. The second-order valence-corrected chi connectivity index (χ2v) is 5.15. The Bertz CT molecular complexity index is 428. The molecule has 0 amide bonds. The van der Waals surface area contributed by atoms with Crippen LogP contribution >= 0.6 is 0 Å². The first-order chi connectivity index (χ1) is 9.17. The highest BCUT2D eigenvalue weighted by Gasteiger charge is 2.21. The molecule has 2 rings (SSSR count). The monoisotopic (exact) mass is 264 g/mol. The van der Waals surface area contributed by atoms with Crippen molar-refractivity contribution < 1.29 is 9.47 Å². The van der Waals surface area contributed by atoms with Crippen molar-refractivity contribution in [2.75, 3.05) is 34.4 Å². The van der Waals surface area contributed by atoms with Gasteiger partial charge in [-0.15, -0.1) is 0 Å². The van der Waals surface area contributed by atoms with Gasteiger partial charge in [0.05, 0.1) is 14.2 Å². The van der Waals surface area contributed by atoms with E-state index in [2.05, 4.69) is 23.3 Å². The summed E-state index contributed by atoms with van der Waals surface area (Å²) in [5, 5.41) is 3.40. The minimum absolute atomic E-state index is 0.618. The lowest BCUT2D eigenvalue weighted by Gasteiger charge is -2.25. The zero-order valence-corrected chi connectivity index (χ0v) is 12.3. The Morgan fingerprint density at radius 3 is 2.68 bits per heavy atom. The van der Waals surface area contributed by atoms with E-state index in [1.807, 2.05) is 13.0 Å². The SMILES string of the molecule is COc1ccc(CN(C)C2CCNC2)c(OC)c1C. The number of likely N-dealkylation sites (N-methyl/N-ethyl adjacent to an activating group) is 1. The van der Waals surface area contributed by atoms with E-state index < -0.39 is 0 Å². The number of hydrogen-bond donors (Lipinski definition) is 1. The van der Waals surface area contributed by atoms with Gasteiger partial charge < -0.3 is 14.8 Å². The number of nitrogens with zero attached hydrogens (tertiary/aromatic N) is 1. The van der Waals surface area contributed by atoms with Gasteiger partial charge in [-0.3, -0.25) is 4.90 Å². The standard InChI is InChI=1S/C15H24N2O2/c1-11-14(18-3)6-5-12(15(11)19-4)10-17(2)13-7-8-16-9-13/h5-6,13,16H,7-10H2,1-4H3. The summed E-state index contributed by atoms with van der Waals surface area (Å²) in [6.07, 6.45) is 1.22. The van der Waals surface area contributed by atoms with Crippen molar-refractivity contribution in [3.8, 4) is 11.5 Å². The fourth-order valence-corrected chi connectivity index (χ4v) is 2.77. The fraction of sp³-hybridized carbons (Fsp3) is 0.600. The molecule has 4 heteroatoms. The van der Waals surface area contributed by atoms with Gasteiger partial charge in [0.15, 0.2) is 0 Å². The Balaban J connectivity index is 2.17. The number of benzene rings is 1. The van der Waals surface area contributed by atoms with Crippen LogP contribution in [0.15, 0.2) is 12.1 Å². The third-order valence-corrected chi connectivity index (χ3v) is 3.94. The van der Waals surface area contributed by atoms with E-state index in [9.17, 15) is 0 Å². The van der Waals surface area contributed by atoms with Gasteiger partial charge in [0.25, 0.3) is 0 Å². The summed E-state index contributed by atoms with van der Waals surface area (Å²) in [7, 11) is 5.59. The van der Waals surface area contributed by atoms with Gasteiger partial charge in [-0.05, 0) is 33.0 Å². The maximum Gasteiger partial charge on any atom is 0.129 e. The van der Waals surface area contributed by atoms with Crippen LogP contribution in [0.2, 0.25) is 0 Å². The van der Waals surface area contributed by atoms with Gasteiger partial charge in [-0.1, -0.05) is 6.07 Å². The lowest BCUT2D eigenvalue weighted by molar-refractivity contribution is 0.244. The third-order valence-electron chi connectivity index (χ3n) is 3.94. The van der Waals surface area contributed by atoms with E-state index in [1.54, 1.807) is 14.2 Å². The Morgan fingerprint density at radius 2 is 2.11 bits per heavy atom. The van der Waals surface area contributed by atoms with Crippen molar-refractivity contribution in [2.45, 2.75) is 25.9 Å². The van der Waals surface area contributed by atoms with Gasteiger partial charge in [-0.25, -0.2) is 0 Å². The Hall–Kier alpha value is -1.26. The summed E-state index contributed by atoms with van der Waals surface area (Å²) in [5.41, 5.74) is 2.29. The van der Waals surface area contributed by atoms with E-state index in [-0.39, 0.29) is 0 Å². The second-order valence-electron chi connectivity index (χ2n) is 5.15. The maximum absolute atomic E-state index is 5.56. The molecule has 0 aromatic heterocycles. The molecule has 1 saturated heterocycles. The highest BCUT2D eigenvalue weighted by atomic mass is 16.5. The van der Waals surface area contributed by atoms with Crippen molar-refractivity contribution in [3.63, 3.8) is 0 Å². The van der Waals surface area contributed by atoms with E-state index >= 15 is 0 Å². The number of methoxy groups -OCH3 is 2. The molecule has 19 heavy (non-hydrogen) atoms. The molecule has 106 valence electrons.